The quantitative estimate of drug-likeness (QED) is 0.251. The standard InChI is InChI=1S/C9H8O4.C9H8O3.C7H14O/c10-7-3-1-6(5-8(7)11)2-4-9(12)13;10-5-1-2-7-3-4-8(11)9(12)6-7;1-8-7-5-3-2-4-6-7/h1-5,10-11H,(H,12,13);1-6,11-12H;7H,2-6H2,1H3/b4-2+;2-1+;. The molecule has 8 nitrogen and oxygen atoms in total. The number of ether oxygens (including phenoxy) is 1. The number of aromatic hydroxyl groups is 4. The number of aldehydes is 1. The summed E-state index contributed by atoms with van der Waals surface area (Å²) < 4.78 is 5.19. The molecular weight excluding hydrogens is 428 g/mol. The zero-order valence-corrected chi connectivity index (χ0v) is 18.4. The van der Waals surface area contributed by atoms with E-state index in [1.807, 2.05) is 7.11 Å². The van der Waals surface area contributed by atoms with Crippen LogP contribution in [0.15, 0.2) is 48.6 Å². The van der Waals surface area contributed by atoms with Crippen LogP contribution in [0.4, 0.5) is 0 Å². The fourth-order valence-corrected chi connectivity index (χ4v) is 2.91. The lowest BCUT2D eigenvalue weighted by atomic mass is 9.98. The first-order chi connectivity index (χ1) is 15.8. The molecule has 0 saturated heterocycles. The Hall–Kier alpha value is -3.78. The highest BCUT2D eigenvalue weighted by Crippen LogP contribution is 2.26. The van der Waals surface area contributed by atoms with Crippen molar-refractivity contribution in [1.82, 2.24) is 0 Å². The summed E-state index contributed by atoms with van der Waals surface area (Å²) in [5.41, 5.74) is 1.18. The molecule has 1 saturated carbocycles. The molecule has 1 fully saturated rings. The van der Waals surface area contributed by atoms with Gasteiger partial charge in [-0.3, -0.25) is 4.79 Å². The van der Waals surface area contributed by atoms with Crippen molar-refractivity contribution in [1.29, 1.82) is 0 Å². The summed E-state index contributed by atoms with van der Waals surface area (Å²) in [5, 5.41) is 44.2. The van der Waals surface area contributed by atoms with E-state index >= 15 is 0 Å². The van der Waals surface area contributed by atoms with Gasteiger partial charge in [0.05, 0.1) is 6.10 Å². The monoisotopic (exact) mass is 458 g/mol. The smallest absolute Gasteiger partial charge is 0.328 e. The van der Waals surface area contributed by atoms with E-state index in [1.165, 1.54) is 80.7 Å². The maximum Gasteiger partial charge on any atom is 0.328 e. The molecule has 8 heteroatoms. The Kier molecular flexibility index (Phi) is 12.5. The molecule has 2 aromatic rings. The maximum atomic E-state index is 10.1. The molecule has 1 aliphatic rings. The molecule has 0 aromatic heterocycles. The number of methoxy groups -OCH3 is 1. The molecule has 0 amide bonds. The van der Waals surface area contributed by atoms with Crippen molar-refractivity contribution in [3.8, 4) is 23.0 Å². The molecule has 0 atom stereocenters. The molecular formula is C25H30O8. The summed E-state index contributed by atoms with van der Waals surface area (Å²) in [7, 11) is 1.82. The summed E-state index contributed by atoms with van der Waals surface area (Å²) in [6.07, 6.45) is 13.1. The van der Waals surface area contributed by atoms with Gasteiger partial charge in [-0.1, -0.05) is 37.5 Å². The van der Waals surface area contributed by atoms with Crippen LogP contribution >= 0.6 is 0 Å². The Morgan fingerprint density at radius 1 is 0.848 bits per heavy atom. The number of allylic oxidation sites excluding steroid dienone is 1. The molecule has 2 aromatic carbocycles. The zero-order chi connectivity index (χ0) is 24.6. The number of hydrogen-bond acceptors (Lipinski definition) is 7. The summed E-state index contributed by atoms with van der Waals surface area (Å²) in [4.78, 5) is 20.1. The molecule has 5 N–H and O–H groups in total. The van der Waals surface area contributed by atoms with Crippen LogP contribution in [0.1, 0.15) is 43.2 Å². The fourth-order valence-electron chi connectivity index (χ4n) is 2.91. The highest BCUT2D eigenvalue weighted by Gasteiger charge is 2.10. The molecule has 0 radical (unpaired) electrons. The number of carboxylic acid groups (broad SMARTS) is 1. The fraction of sp³-hybridized carbons (Fsp3) is 0.280. The third-order valence-corrected chi connectivity index (χ3v) is 4.67. The van der Waals surface area contributed by atoms with Gasteiger partial charge in [0.15, 0.2) is 23.0 Å². The second-order valence-electron chi connectivity index (χ2n) is 7.16. The Morgan fingerprint density at radius 2 is 1.36 bits per heavy atom. The Labute approximate surface area is 192 Å². The summed E-state index contributed by atoms with van der Waals surface area (Å²) >= 11 is 0. The van der Waals surface area contributed by atoms with Crippen molar-refractivity contribution in [2.24, 2.45) is 0 Å². The third kappa shape index (κ3) is 11.4. The van der Waals surface area contributed by atoms with Gasteiger partial charge < -0.3 is 30.3 Å². The number of aliphatic carboxylic acids is 1. The van der Waals surface area contributed by atoms with E-state index in [2.05, 4.69) is 0 Å². The minimum Gasteiger partial charge on any atom is -0.504 e. The number of hydrogen-bond donors (Lipinski definition) is 5. The van der Waals surface area contributed by atoms with Crippen molar-refractivity contribution in [2.45, 2.75) is 38.2 Å². The van der Waals surface area contributed by atoms with Gasteiger partial charge in [0.1, 0.15) is 6.29 Å². The molecule has 1 aliphatic carbocycles. The van der Waals surface area contributed by atoms with Crippen molar-refractivity contribution < 1.29 is 39.9 Å². The van der Waals surface area contributed by atoms with E-state index in [9.17, 15) is 9.59 Å². The van der Waals surface area contributed by atoms with E-state index < -0.39 is 5.97 Å². The molecule has 178 valence electrons. The Bertz CT molecular complexity index is 943. The summed E-state index contributed by atoms with van der Waals surface area (Å²) in [5.74, 6) is -1.92. The van der Waals surface area contributed by atoms with Crippen molar-refractivity contribution in [3.63, 3.8) is 0 Å². The van der Waals surface area contributed by atoms with Gasteiger partial charge in [-0.15, -0.1) is 0 Å². The lowest BCUT2D eigenvalue weighted by Gasteiger charge is -2.19. The normalized spacial score (nSPS) is 13.6. The number of benzene rings is 2. The summed E-state index contributed by atoms with van der Waals surface area (Å²) in [6, 6.07) is 8.38. The van der Waals surface area contributed by atoms with Crippen LogP contribution in [0.2, 0.25) is 0 Å². The van der Waals surface area contributed by atoms with Crippen molar-refractivity contribution in [3.05, 3.63) is 59.7 Å². The molecule has 0 aliphatic heterocycles. The molecule has 0 spiro atoms. The van der Waals surface area contributed by atoms with Crippen molar-refractivity contribution >= 4 is 24.4 Å². The second-order valence-corrected chi connectivity index (χ2v) is 7.16. The molecule has 33 heavy (non-hydrogen) atoms. The molecule has 0 heterocycles. The van der Waals surface area contributed by atoms with E-state index in [0.29, 0.717) is 23.5 Å². The van der Waals surface area contributed by atoms with Gasteiger partial charge in [0.2, 0.25) is 0 Å². The predicted molar refractivity (Wildman–Crippen MR) is 125 cm³/mol. The number of carbonyl (C=O) groups excluding carboxylic acids is 1. The first-order valence-electron chi connectivity index (χ1n) is 10.4. The topological polar surface area (TPSA) is 145 Å². The van der Waals surface area contributed by atoms with Crippen LogP contribution in [-0.4, -0.2) is 51.0 Å². The molecule has 0 bridgehead atoms. The molecule has 0 unspecified atom stereocenters. The number of rotatable bonds is 5. The van der Waals surface area contributed by atoms with Crippen molar-refractivity contribution in [2.75, 3.05) is 7.11 Å². The number of phenols is 4. The highest BCUT2D eigenvalue weighted by atomic mass is 16.5. The highest BCUT2D eigenvalue weighted by molar-refractivity contribution is 5.85. The first-order valence-corrected chi connectivity index (χ1v) is 10.4. The van der Waals surface area contributed by atoms with E-state index in [1.54, 1.807) is 6.07 Å². The van der Waals surface area contributed by atoms with Crippen LogP contribution in [0.25, 0.3) is 12.2 Å². The van der Waals surface area contributed by atoms with Gasteiger partial charge in [0.25, 0.3) is 0 Å². The average Bonchev–Trinajstić information content (AvgIpc) is 2.82. The minimum atomic E-state index is -1.06. The van der Waals surface area contributed by atoms with Crippen LogP contribution in [-0.2, 0) is 14.3 Å². The lowest BCUT2D eigenvalue weighted by Crippen LogP contribution is -2.13. The van der Waals surface area contributed by atoms with Gasteiger partial charge in [-0.2, -0.15) is 0 Å². The van der Waals surface area contributed by atoms with Gasteiger partial charge in [0, 0.05) is 13.2 Å². The third-order valence-electron chi connectivity index (χ3n) is 4.67. The Balaban J connectivity index is 0.000000254. The summed E-state index contributed by atoms with van der Waals surface area (Å²) in [6.45, 7) is 0. The minimum absolute atomic E-state index is 0.168. The van der Waals surface area contributed by atoms with Gasteiger partial charge >= 0.3 is 5.97 Å². The van der Waals surface area contributed by atoms with Crippen LogP contribution < -0.4 is 0 Å². The lowest BCUT2D eigenvalue weighted by molar-refractivity contribution is -0.131. The van der Waals surface area contributed by atoms with Crippen LogP contribution in [0.5, 0.6) is 23.0 Å². The Morgan fingerprint density at radius 3 is 1.76 bits per heavy atom. The second kappa shape index (κ2) is 15.1. The SMILES string of the molecule is COC1CCCCC1.O=C(O)/C=C/c1ccc(O)c(O)c1.O=C/C=C/c1ccc(O)c(O)c1. The van der Waals surface area contributed by atoms with Crippen LogP contribution in [0.3, 0.4) is 0 Å². The average molecular weight is 459 g/mol. The zero-order valence-electron chi connectivity index (χ0n) is 18.4. The van der Waals surface area contributed by atoms with Gasteiger partial charge in [-0.05, 0) is 60.4 Å². The maximum absolute atomic E-state index is 10.1. The van der Waals surface area contributed by atoms with E-state index in [4.69, 9.17) is 30.3 Å². The molecule has 3 rings (SSSR count). The largest absolute Gasteiger partial charge is 0.504 e. The van der Waals surface area contributed by atoms with E-state index in [0.717, 1.165) is 6.08 Å². The predicted octanol–water partition coefficient (Wildman–Crippen LogP) is 4.47. The van der Waals surface area contributed by atoms with E-state index in [-0.39, 0.29) is 23.0 Å². The number of phenolic OH excluding ortho intramolecular Hbond substituents is 4. The van der Waals surface area contributed by atoms with Crippen LogP contribution in [0, 0.1) is 0 Å². The van der Waals surface area contributed by atoms with Gasteiger partial charge in [-0.25, -0.2) is 4.79 Å². The first kappa shape index (κ1) is 27.3. The number of carboxylic acids is 1. The number of carbonyl (C=O) groups is 2.